The summed E-state index contributed by atoms with van der Waals surface area (Å²) < 4.78 is 0. The molecule has 1 aromatic carbocycles. The Kier molecular flexibility index (Phi) is 3.55. The number of thioether (sulfide) groups is 1. The molecule has 0 aliphatic carbocycles. The van der Waals surface area contributed by atoms with Crippen molar-refractivity contribution in [1.29, 1.82) is 0 Å². The molecule has 5 heteroatoms. The van der Waals surface area contributed by atoms with E-state index in [1.54, 1.807) is 6.20 Å². The monoisotopic (exact) mass is 273 g/mol. The van der Waals surface area contributed by atoms with Crippen molar-refractivity contribution in [2.24, 2.45) is 0 Å². The third kappa shape index (κ3) is 2.66. The molecule has 1 aliphatic rings. The zero-order valence-corrected chi connectivity index (χ0v) is 11.2. The highest BCUT2D eigenvalue weighted by Crippen LogP contribution is 2.22. The van der Waals surface area contributed by atoms with Crippen LogP contribution in [0.1, 0.15) is 16.8 Å². The van der Waals surface area contributed by atoms with Crippen molar-refractivity contribution in [3.63, 3.8) is 0 Å². The third-order valence-electron chi connectivity index (χ3n) is 3.21. The molecule has 2 heterocycles. The first-order valence-corrected chi connectivity index (χ1v) is 7.47. The average Bonchev–Trinajstić information content (AvgIpc) is 3.10. The maximum absolute atomic E-state index is 12.3. The predicted octanol–water partition coefficient (Wildman–Crippen LogP) is 2.31. The van der Waals surface area contributed by atoms with E-state index in [9.17, 15) is 4.79 Å². The fraction of sp³-hybridized carbons (Fsp3) is 0.286. The number of carbonyl (C=O) groups excluding carboxylic acids is 1. The lowest BCUT2D eigenvalue weighted by Gasteiger charge is -2.11. The van der Waals surface area contributed by atoms with Gasteiger partial charge in [0.2, 0.25) is 0 Å². The van der Waals surface area contributed by atoms with E-state index in [2.05, 4.69) is 15.5 Å². The van der Waals surface area contributed by atoms with Gasteiger partial charge in [-0.1, -0.05) is 30.3 Å². The molecule has 1 saturated heterocycles. The maximum Gasteiger partial charge on any atom is 0.255 e. The Labute approximate surface area is 116 Å². The zero-order chi connectivity index (χ0) is 13.1. The molecular weight excluding hydrogens is 258 g/mol. The molecule has 1 amide bonds. The molecule has 0 bridgehead atoms. The first-order chi connectivity index (χ1) is 9.34. The normalized spacial score (nSPS) is 18.4. The van der Waals surface area contributed by atoms with E-state index < -0.39 is 0 Å². The number of carbonyl (C=O) groups is 1. The molecule has 1 aliphatic heterocycles. The molecule has 19 heavy (non-hydrogen) atoms. The number of rotatable bonds is 3. The summed E-state index contributed by atoms with van der Waals surface area (Å²) in [6, 6.07) is 10.1. The fourth-order valence-corrected chi connectivity index (χ4v) is 3.35. The highest BCUT2D eigenvalue weighted by Gasteiger charge is 2.21. The largest absolute Gasteiger partial charge is 0.348 e. The third-order valence-corrected chi connectivity index (χ3v) is 4.37. The van der Waals surface area contributed by atoms with Crippen molar-refractivity contribution in [3.05, 3.63) is 42.1 Å². The number of hydrogen-bond acceptors (Lipinski definition) is 3. The second kappa shape index (κ2) is 5.48. The van der Waals surface area contributed by atoms with Gasteiger partial charge < -0.3 is 5.32 Å². The maximum atomic E-state index is 12.3. The van der Waals surface area contributed by atoms with Crippen molar-refractivity contribution in [3.8, 4) is 11.3 Å². The van der Waals surface area contributed by atoms with Gasteiger partial charge in [-0.2, -0.15) is 16.9 Å². The molecule has 1 atom stereocenters. The van der Waals surface area contributed by atoms with Gasteiger partial charge in [0, 0.05) is 17.4 Å². The summed E-state index contributed by atoms with van der Waals surface area (Å²) in [5.74, 6) is 2.09. The van der Waals surface area contributed by atoms with E-state index in [1.165, 1.54) is 0 Å². The number of aromatic nitrogens is 2. The van der Waals surface area contributed by atoms with Crippen LogP contribution in [0.3, 0.4) is 0 Å². The van der Waals surface area contributed by atoms with Crippen LogP contribution in [0, 0.1) is 0 Å². The predicted molar refractivity (Wildman–Crippen MR) is 77.2 cm³/mol. The van der Waals surface area contributed by atoms with Crippen LogP contribution in [0.4, 0.5) is 0 Å². The van der Waals surface area contributed by atoms with Gasteiger partial charge in [0.05, 0.1) is 17.5 Å². The van der Waals surface area contributed by atoms with Gasteiger partial charge in [0.25, 0.3) is 5.91 Å². The number of nitrogens with one attached hydrogen (secondary N) is 2. The van der Waals surface area contributed by atoms with Crippen molar-refractivity contribution >= 4 is 17.7 Å². The van der Waals surface area contributed by atoms with Crippen molar-refractivity contribution in [2.45, 2.75) is 12.5 Å². The lowest BCUT2D eigenvalue weighted by atomic mass is 10.1. The lowest BCUT2D eigenvalue weighted by molar-refractivity contribution is 0.0942. The van der Waals surface area contributed by atoms with Crippen LogP contribution in [0.2, 0.25) is 0 Å². The highest BCUT2D eigenvalue weighted by atomic mass is 32.2. The number of hydrogen-bond donors (Lipinski definition) is 2. The Hall–Kier alpha value is -1.75. The number of aromatic amines is 1. The first kappa shape index (κ1) is 12.3. The summed E-state index contributed by atoms with van der Waals surface area (Å²) in [5.41, 5.74) is 2.37. The van der Waals surface area contributed by atoms with Gasteiger partial charge in [-0.25, -0.2) is 0 Å². The molecule has 1 unspecified atom stereocenters. The summed E-state index contributed by atoms with van der Waals surface area (Å²) in [4.78, 5) is 12.3. The Morgan fingerprint density at radius 3 is 2.95 bits per heavy atom. The molecule has 0 spiro atoms. The van der Waals surface area contributed by atoms with Crippen LogP contribution in [-0.2, 0) is 0 Å². The Balaban J connectivity index is 1.81. The van der Waals surface area contributed by atoms with Crippen LogP contribution >= 0.6 is 11.8 Å². The molecule has 1 aromatic heterocycles. The molecule has 2 N–H and O–H groups in total. The van der Waals surface area contributed by atoms with E-state index in [1.807, 2.05) is 42.1 Å². The van der Waals surface area contributed by atoms with Gasteiger partial charge in [-0.15, -0.1) is 0 Å². The van der Waals surface area contributed by atoms with Gasteiger partial charge in [0.15, 0.2) is 0 Å². The van der Waals surface area contributed by atoms with E-state index in [4.69, 9.17) is 0 Å². The fourth-order valence-electron chi connectivity index (χ4n) is 2.19. The quantitative estimate of drug-likeness (QED) is 0.902. The van der Waals surface area contributed by atoms with Crippen molar-refractivity contribution < 1.29 is 4.79 Å². The Morgan fingerprint density at radius 1 is 1.37 bits per heavy atom. The summed E-state index contributed by atoms with van der Waals surface area (Å²) in [6.45, 7) is 0. The Morgan fingerprint density at radius 2 is 2.21 bits per heavy atom. The first-order valence-electron chi connectivity index (χ1n) is 6.32. The van der Waals surface area contributed by atoms with Crippen LogP contribution in [-0.4, -0.2) is 33.7 Å². The molecule has 0 radical (unpaired) electrons. The number of H-pyrrole nitrogens is 1. The molecule has 0 saturated carbocycles. The minimum atomic E-state index is -0.0416. The summed E-state index contributed by atoms with van der Waals surface area (Å²) in [6.07, 6.45) is 2.65. The lowest BCUT2D eigenvalue weighted by Crippen LogP contribution is -2.34. The van der Waals surface area contributed by atoms with Crippen molar-refractivity contribution in [1.82, 2.24) is 15.5 Å². The van der Waals surface area contributed by atoms with E-state index in [0.29, 0.717) is 5.56 Å². The van der Waals surface area contributed by atoms with E-state index in [0.717, 1.165) is 29.2 Å². The van der Waals surface area contributed by atoms with Gasteiger partial charge >= 0.3 is 0 Å². The number of amides is 1. The zero-order valence-electron chi connectivity index (χ0n) is 10.4. The van der Waals surface area contributed by atoms with Crippen LogP contribution in [0.25, 0.3) is 11.3 Å². The van der Waals surface area contributed by atoms with Crippen LogP contribution < -0.4 is 5.32 Å². The van der Waals surface area contributed by atoms with Crippen molar-refractivity contribution in [2.75, 3.05) is 11.5 Å². The van der Waals surface area contributed by atoms with Crippen LogP contribution in [0.15, 0.2) is 36.5 Å². The minimum Gasteiger partial charge on any atom is -0.348 e. The second-order valence-corrected chi connectivity index (χ2v) is 5.71. The van der Waals surface area contributed by atoms with E-state index in [-0.39, 0.29) is 11.9 Å². The molecule has 3 rings (SSSR count). The molecule has 2 aromatic rings. The molecule has 4 nitrogen and oxygen atoms in total. The standard InChI is InChI=1S/C14H15N3OS/c18-14(16-11-6-7-19-9-11)12-8-15-17-13(12)10-4-2-1-3-5-10/h1-5,8,11H,6-7,9H2,(H,15,17)(H,16,18). The second-order valence-electron chi connectivity index (χ2n) is 4.56. The topological polar surface area (TPSA) is 57.8 Å². The smallest absolute Gasteiger partial charge is 0.255 e. The number of nitrogens with zero attached hydrogens (tertiary/aromatic N) is 1. The highest BCUT2D eigenvalue weighted by molar-refractivity contribution is 7.99. The summed E-state index contributed by atoms with van der Waals surface area (Å²) in [7, 11) is 0. The summed E-state index contributed by atoms with van der Waals surface area (Å²) in [5, 5.41) is 9.99. The minimum absolute atomic E-state index is 0.0416. The SMILES string of the molecule is O=C(NC1CCSC1)c1cn[nH]c1-c1ccccc1. The van der Waals surface area contributed by atoms with Gasteiger partial charge in [0.1, 0.15) is 0 Å². The molecule has 98 valence electrons. The van der Waals surface area contributed by atoms with Gasteiger partial charge in [-0.05, 0) is 12.2 Å². The summed E-state index contributed by atoms with van der Waals surface area (Å²) >= 11 is 1.88. The van der Waals surface area contributed by atoms with Gasteiger partial charge in [-0.3, -0.25) is 9.89 Å². The van der Waals surface area contributed by atoms with Crippen LogP contribution in [0.5, 0.6) is 0 Å². The molecular formula is C14H15N3OS. The molecule has 1 fully saturated rings. The van der Waals surface area contributed by atoms with E-state index >= 15 is 0 Å². The Bertz CT molecular complexity index is 561. The number of benzene rings is 1. The average molecular weight is 273 g/mol.